The van der Waals surface area contributed by atoms with Crippen LogP contribution in [0.4, 0.5) is 0 Å². The highest BCUT2D eigenvalue weighted by Crippen LogP contribution is 2.26. The van der Waals surface area contributed by atoms with Gasteiger partial charge < -0.3 is 10.5 Å². The zero-order chi connectivity index (χ0) is 13.8. The van der Waals surface area contributed by atoms with Crippen molar-refractivity contribution in [3.8, 4) is 11.5 Å². The minimum absolute atomic E-state index is 0.414. The number of carbonyl (C=O) groups is 2. The van der Waals surface area contributed by atoms with E-state index in [1.165, 1.54) is 0 Å². The van der Waals surface area contributed by atoms with Gasteiger partial charge in [-0.1, -0.05) is 15.9 Å². The number of rotatable bonds is 4. The van der Waals surface area contributed by atoms with Crippen molar-refractivity contribution in [2.45, 2.75) is 0 Å². The van der Waals surface area contributed by atoms with Crippen molar-refractivity contribution in [1.29, 1.82) is 0 Å². The monoisotopic (exact) mass is 319 g/mol. The minimum atomic E-state index is -0.488. The summed E-state index contributed by atoms with van der Waals surface area (Å²) >= 11 is 3.26. The van der Waals surface area contributed by atoms with Crippen molar-refractivity contribution in [1.82, 2.24) is 0 Å². The molecular weight excluding hydrogens is 310 g/mol. The van der Waals surface area contributed by atoms with E-state index in [9.17, 15) is 9.59 Å². The molecule has 0 aliphatic rings. The predicted octanol–water partition coefficient (Wildman–Crippen LogP) is 3.15. The molecule has 0 aliphatic heterocycles. The van der Waals surface area contributed by atoms with Crippen LogP contribution in [-0.4, -0.2) is 12.2 Å². The van der Waals surface area contributed by atoms with Crippen molar-refractivity contribution in [2.75, 3.05) is 0 Å². The first-order valence-electron chi connectivity index (χ1n) is 5.42. The molecule has 0 spiro atoms. The zero-order valence-corrected chi connectivity index (χ0v) is 11.4. The molecule has 0 bridgehead atoms. The average Bonchev–Trinajstić information content (AvgIpc) is 2.41. The lowest BCUT2D eigenvalue weighted by atomic mass is 10.2. The molecule has 0 saturated heterocycles. The first kappa shape index (κ1) is 13.3. The lowest BCUT2D eigenvalue weighted by Crippen LogP contribution is -2.10. The van der Waals surface area contributed by atoms with Crippen LogP contribution >= 0.6 is 15.9 Å². The second kappa shape index (κ2) is 5.67. The lowest BCUT2D eigenvalue weighted by Gasteiger charge is -2.07. The lowest BCUT2D eigenvalue weighted by molar-refractivity contribution is 0.1000. The molecule has 0 unspecified atom stereocenters. The van der Waals surface area contributed by atoms with Gasteiger partial charge in [0.15, 0.2) is 6.29 Å². The van der Waals surface area contributed by atoms with Crippen molar-refractivity contribution < 1.29 is 14.3 Å². The van der Waals surface area contributed by atoms with Crippen molar-refractivity contribution in [3.05, 3.63) is 58.1 Å². The molecule has 0 atom stereocenters. The molecule has 0 heterocycles. The van der Waals surface area contributed by atoms with E-state index in [0.717, 1.165) is 6.29 Å². The third kappa shape index (κ3) is 3.20. The molecule has 0 saturated carbocycles. The van der Waals surface area contributed by atoms with E-state index in [1.54, 1.807) is 42.5 Å². The van der Waals surface area contributed by atoms with E-state index in [-0.39, 0.29) is 0 Å². The van der Waals surface area contributed by atoms with E-state index in [0.29, 0.717) is 27.1 Å². The van der Waals surface area contributed by atoms with Gasteiger partial charge in [-0.15, -0.1) is 0 Å². The molecule has 2 aromatic carbocycles. The minimum Gasteiger partial charge on any atom is -0.457 e. The number of aldehydes is 1. The maximum absolute atomic E-state index is 10.9. The van der Waals surface area contributed by atoms with Crippen molar-refractivity contribution in [3.63, 3.8) is 0 Å². The number of amides is 1. The van der Waals surface area contributed by atoms with Gasteiger partial charge in [-0.3, -0.25) is 9.59 Å². The molecule has 1 amide bonds. The van der Waals surface area contributed by atoms with Crippen LogP contribution < -0.4 is 10.5 Å². The van der Waals surface area contributed by atoms with Gasteiger partial charge in [0.05, 0.1) is 0 Å². The Bertz CT molecular complexity index is 623. The fourth-order valence-electron chi connectivity index (χ4n) is 1.50. The summed E-state index contributed by atoms with van der Waals surface area (Å²) in [6, 6.07) is 11.5. The molecule has 0 aliphatic carbocycles. The highest BCUT2D eigenvalue weighted by Gasteiger charge is 2.04. The maximum Gasteiger partial charge on any atom is 0.248 e. The molecule has 2 rings (SSSR count). The number of carbonyl (C=O) groups excluding carboxylic acids is 2. The molecule has 0 fully saturated rings. The van der Waals surface area contributed by atoms with Crippen LogP contribution in [-0.2, 0) is 0 Å². The highest BCUT2D eigenvalue weighted by molar-refractivity contribution is 9.10. The summed E-state index contributed by atoms with van der Waals surface area (Å²) in [6.45, 7) is 0. The Kier molecular flexibility index (Phi) is 3.97. The number of primary amides is 1. The van der Waals surface area contributed by atoms with Gasteiger partial charge in [-0.05, 0) is 42.5 Å². The summed E-state index contributed by atoms with van der Waals surface area (Å²) in [7, 11) is 0. The Labute approximate surface area is 118 Å². The number of nitrogens with two attached hydrogens (primary N) is 1. The third-order valence-corrected chi connectivity index (χ3v) is 3.19. The van der Waals surface area contributed by atoms with Gasteiger partial charge in [-0.25, -0.2) is 0 Å². The molecular formula is C14H10BrNO3. The Morgan fingerprint density at radius 1 is 1.11 bits per heavy atom. The zero-order valence-electron chi connectivity index (χ0n) is 9.80. The van der Waals surface area contributed by atoms with Crippen LogP contribution in [0.3, 0.4) is 0 Å². The fraction of sp³-hybridized carbons (Fsp3) is 0. The van der Waals surface area contributed by atoms with Gasteiger partial charge >= 0.3 is 0 Å². The Morgan fingerprint density at radius 3 is 2.32 bits per heavy atom. The van der Waals surface area contributed by atoms with Crippen LogP contribution in [0.5, 0.6) is 11.5 Å². The van der Waals surface area contributed by atoms with Gasteiger partial charge in [0.2, 0.25) is 5.91 Å². The van der Waals surface area contributed by atoms with E-state index >= 15 is 0 Å². The third-order valence-electron chi connectivity index (χ3n) is 2.47. The van der Waals surface area contributed by atoms with Gasteiger partial charge in [-0.2, -0.15) is 0 Å². The summed E-state index contributed by atoms with van der Waals surface area (Å²) in [6.07, 6.45) is 0.743. The Morgan fingerprint density at radius 2 is 1.74 bits per heavy atom. The first-order chi connectivity index (χ1) is 9.10. The molecule has 2 aromatic rings. The first-order valence-corrected chi connectivity index (χ1v) is 6.22. The number of ether oxygens (including phenoxy) is 1. The standard InChI is InChI=1S/C14H10BrNO3/c15-13-6-5-12(7-10(13)8-17)19-11-3-1-9(2-4-11)14(16)18/h1-8H,(H2,16,18). The van der Waals surface area contributed by atoms with E-state index in [4.69, 9.17) is 10.5 Å². The van der Waals surface area contributed by atoms with Crippen molar-refractivity contribution >= 4 is 28.1 Å². The van der Waals surface area contributed by atoms with E-state index in [1.807, 2.05) is 0 Å². The average molecular weight is 320 g/mol. The second-order valence-electron chi connectivity index (χ2n) is 3.79. The Balaban J connectivity index is 2.21. The molecule has 0 radical (unpaired) electrons. The van der Waals surface area contributed by atoms with Crippen LogP contribution in [0, 0.1) is 0 Å². The molecule has 19 heavy (non-hydrogen) atoms. The van der Waals surface area contributed by atoms with Gasteiger partial charge in [0.25, 0.3) is 0 Å². The van der Waals surface area contributed by atoms with Crippen molar-refractivity contribution in [2.24, 2.45) is 5.73 Å². The SMILES string of the molecule is NC(=O)c1ccc(Oc2ccc(Br)c(C=O)c2)cc1. The molecule has 0 aromatic heterocycles. The van der Waals surface area contributed by atoms with Crippen LogP contribution in [0.15, 0.2) is 46.9 Å². The normalized spacial score (nSPS) is 9.95. The second-order valence-corrected chi connectivity index (χ2v) is 4.65. The van der Waals surface area contributed by atoms with Crippen LogP contribution in [0.1, 0.15) is 20.7 Å². The van der Waals surface area contributed by atoms with Gasteiger partial charge in [0.1, 0.15) is 11.5 Å². The largest absolute Gasteiger partial charge is 0.457 e. The summed E-state index contributed by atoms with van der Waals surface area (Å²) < 4.78 is 6.29. The summed E-state index contributed by atoms with van der Waals surface area (Å²) in [4.78, 5) is 21.7. The quantitative estimate of drug-likeness (QED) is 0.880. The predicted molar refractivity (Wildman–Crippen MR) is 74.6 cm³/mol. The van der Waals surface area contributed by atoms with Crippen LogP contribution in [0.25, 0.3) is 0 Å². The number of halogens is 1. The van der Waals surface area contributed by atoms with Crippen LogP contribution in [0.2, 0.25) is 0 Å². The number of hydrogen-bond acceptors (Lipinski definition) is 3. The molecule has 96 valence electrons. The smallest absolute Gasteiger partial charge is 0.248 e. The highest BCUT2D eigenvalue weighted by atomic mass is 79.9. The summed E-state index contributed by atoms with van der Waals surface area (Å²) in [5.74, 6) is 0.611. The number of hydrogen-bond donors (Lipinski definition) is 1. The van der Waals surface area contributed by atoms with E-state index < -0.39 is 5.91 Å². The topological polar surface area (TPSA) is 69.4 Å². The van der Waals surface area contributed by atoms with E-state index in [2.05, 4.69) is 15.9 Å². The fourth-order valence-corrected chi connectivity index (χ4v) is 1.84. The number of benzene rings is 2. The summed E-state index contributed by atoms with van der Waals surface area (Å²) in [5, 5.41) is 0. The summed E-state index contributed by atoms with van der Waals surface area (Å²) in [5.41, 5.74) is 6.07. The molecule has 2 N–H and O–H groups in total. The molecule has 4 nitrogen and oxygen atoms in total. The maximum atomic E-state index is 10.9. The Hall–Kier alpha value is -2.14. The molecule has 5 heteroatoms. The van der Waals surface area contributed by atoms with Gasteiger partial charge in [0, 0.05) is 15.6 Å².